The summed E-state index contributed by atoms with van der Waals surface area (Å²) in [7, 11) is -2.14. The molecule has 2 aromatic rings. The number of rotatable bonds is 6. The normalized spacial score (nSPS) is 11.8. The summed E-state index contributed by atoms with van der Waals surface area (Å²) in [6.45, 7) is 19.1. The van der Waals surface area contributed by atoms with E-state index in [0.29, 0.717) is 0 Å². The topological polar surface area (TPSA) is 9.23 Å². The van der Waals surface area contributed by atoms with E-state index in [4.69, 9.17) is 4.74 Å². The Bertz CT molecular complexity index is 662. The van der Waals surface area contributed by atoms with E-state index in [-0.39, 0.29) is 0 Å². The molecule has 0 aliphatic rings. The molecule has 0 fully saturated rings. The molecule has 4 radical (unpaired) electrons. The molecule has 0 amide bonds. The standard InChI is InChI=1S/C20H30OSi4/c1-22(2)17-13-9-11-15(19(17)24(5)6)21-16-12-10-14-18(23(3)4)20(16)25(7)8/h9-14H,1-8H3. The van der Waals surface area contributed by atoms with Crippen molar-refractivity contribution in [3.05, 3.63) is 36.4 Å². The van der Waals surface area contributed by atoms with Crippen molar-refractivity contribution in [2.75, 3.05) is 0 Å². The van der Waals surface area contributed by atoms with Gasteiger partial charge in [-0.1, -0.05) is 87.0 Å². The van der Waals surface area contributed by atoms with E-state index in [1.54, 1.807) is 10.4 Å². The van der Waals surface area contributed by atoms with Crippen LogP contribution in [0.25, 0.3) is 0 Å². The molecular formula is C20H30OSi4. The molecule has 0 atom stereocenters. The molecule has 0 aliphatic carbocycles. The van der Waals surface area contributed by atoms with Crippen LogP contribution in [0.1, 0.15) is 0 Å². The first kappa shape index (κ1) is 20.4. The van der Waals surface area contributed by atoms with E-state index in [2.05, 4.69) is 88.8 Å². The minimum atomic E-state index is -0.579. The second-order valence-electron chi connectivity index (χ2n) is 7.46. The molecule has 0 heterocycles. The van der Waals surface area contributed by atoms with Crippen LogP contribution in [0.15, 0.2) is 36.4 Å². The highest BCUT2D eigenvalue weighted by atomic mass is 28.3. The number of benzene rings is 2. The Morgan fingerprint density at radius 2 is 0.880 bits per heavy atom. The number of hydrogen-bond acceptors (Lipinski definition) is 1. The van der Waals surface area contributed by atoms with Crippen molar-refractivity contribution in [2.24, 2.45) is 0 Å². The monoisotopic (exact) mass is 398 g/mol. The maximum Gasteiger partial charge on any atom is 0.126 e. The van der Waals surface area contributed by atoms with E-state index in [9.17, 15) is 0 Å². The Labute approximate surface area is 160 Å². The van der Waals surface area contributed by atoms with E-state index < -0.39 is 35.2 Å². The van der Waals surface area contributed by atoms with Crippen LogP contribution in [0.2, 0.25) is 52.4 Å². The lowest BCUT2D eigenvalue weighted by atomic mass is 10.3. The van der Waals surface area contributed by atoms with Crippen LogP contribution in [0, 0.1) is 0 Å². The summed E-state index contributed by atoms with van der Waals surface area (Å²) in [4.78, 5) is 0. The molecule has 0 saturated heterocycles. The summed E-state index contributed by atoms with van der Waals surface area (Å²) in [5, 5.41) is 6.10. The molecule has 0 N–H and O–H groups in total. The van der Waals surface area contributed by atoms with Gasteiger partial charge in [-0.05, 0) is 22.5 Å². The summed E-state index contributed by atoms with van der Waals surface area (Å²) >= 11 is 0. The smallest absolute Gasteiger partial charge is 0.126 e. The predicted octanol–water partition coefficient (Wildman–Crippen LogP) is 3.32. The third kappa shape index (κ3) is 4.64. The van der Waals surface area contributed by atoms with E-state index >= 15 is 0 Å². The zero-order valence-corrected chi connectivity index (χ0v) is 20.9. The molecule has 2 rings (SSSR count). The lowest BCUT2D eigenvalue weighted by Gasteiger charge is -2.23. The number of hydrogen-bond donors (Lipinski definition) is 0. The first-order chi connectivity index (χ1) is 11.7. The van der Waals surface area contributed by atoms with Gasteiger partial charge >= 0.3 is 0 Å². The van der Waals surface area contributed by atoms with Crippen molar-refractivity contribution < 1.29 is 4.74 Å². The molecule has 1 nitrogen and oxygen atoms in total. The Morgan fingerprint density at radius 1 is 0.520 bits per heavy atom. The second-order valence-corrected chi connectivity index (χ2v) is 17.5. The van der Waals surface area contributed by atoms with E-state index in [1.165, 1.54) is 10.4 Å². The summed E-state index contributed by atoms with van der Waals surface area (Å²) in [6, 6.07) is 13.4. The Hall–Kier alpha value is -0.892. The molecule has 132 valence electrons. The molecule has 0 aliphatic heterocycles. The van der Waals surface area contributed by atoms with Crippen LogP contribution in [0.3, 0.4) is 0 Å². The number of ether oxygens (including phenoxy) is 1. The highest BCUT2D eigenvalue weighted by Gasteiger charge is 2.21. The molecule has 0 spiro atoms. The zero-order valence-electron chi connectivity index (χ0n) is 16.9. The fourth-order valence-electron chi connectivity index (χ4n) is 3.22. The summed E-state index contributed by atoms with van der Waals surface area (Å²) < 4.78 is 6.63. The van der Waals surface area contributed by atoms with Crippen LogP contribution in [-0.2, 0) is 0 Å². The molecule has 25 heavy (non-hydrogen) atoms. The minimum absolute atomic E-state index is 0.490. The van der Waals surface area contributed by atoms with Gasteiger partial charge in [-0.2, -0.15) is 0 Å². The Kier molecular flexibility index (Phi) is 7.08. The maximum atomic E-state index is 6.63. The van der Waals surface area contributed by atoms with Crippen molar-refractivity contribution in [3.63, 3.8) is 0 Å². The molecule has 0 unspecified atom stereocenters. The van der Waals surface area contributed by atoms with Crippen molar-refractivity contribution in [1.29, 1.82) is 0 Å². The fraction of sp³-hybridized carbons (Fsp3) is 0.400. The molecular weight excluding hydrogens is 369 g/mol. The van der Waals surface area contributed by atoms with Crippen molar-refractivity contribution >= 4 is 55.9 Å². The fourth-order valence-corrected chi connectivity index (χ4v) is 10.8. The van der Waals surface area contributed by atoms with E-state index in [1.807, 2.05) is 0 Å². The second kappa shape index (κ2) is 8.66. The molecule has 0 aromatic heterocycles. The molecule has 2 aromatic carbocycles. The zero-order chi connectivity index (χ0) is 18.7. The van der Waals surface area contributed by atoms with Gasteiger partial charge in [0.15, 0.2) is 0 Å². The Morgan fingerprint density at radius 3 is 1.16 bits per heavy atom. The highest BCUT2D eigenvalue weighted by Crippen LogP contribution is 2.19. The minimum Gasteiger partial charge on any atom is -0.458 e. The van der Waals surface area contributed by atoms with Crippen LogP contribution in [0.5, 0.6) is 11.5 Å². The van der Waals surface area contributed by atoms with Crippen LogP contribution in [0.4, 0.5) is 0 Å². The lowest BCUT2D eigenvalue weighted by Crippen LogP contribution is -2.46. The van der Waals surface area contributed by atoms with Gasteiger partial charge in [0.1, 0.15) is 11.5 Å². The van der Waals surface area contributed by atoms with Crippen molar-refractivity contribution in [3.8, 4) is 11.5 Å². The van der Waals surface area contributed by atoms with Gasteiger partial charge in [-0.15, -0.1) is 0 Å². The highest BCUT2D eigenvalue weighted by molar-refractivity contribution is 6.83. The summed E-state index contributed by atoms with van der Waals surface area (Å²) in [6.07, 6.45) is 0. The summed E-state index contributed by atoms with van der Waals surface area (Å²) in [5.74, 6) is 2.20. The largest absolute Gasteiger partial charge is 0.458 e. The van der Waals surface area contributed by atoms with Gasteiger partial charge in [0.2, 0.25) is 0 Å². The lowest BCUT2D eigenvalue weighted by molar-refractivity contribution is 0.490. The van der Waals surface area contributed by atoms with Gasteiger partial charge in [0.05, 0.1) is 35.2 Å². The van der Waals surface area contributed by atoms with Crippen molar-refractivity contribution in [1.82, 2.24) is 0 Å². The van der Waals surface area contributed by atoms with Crippen LogP contribution in [-0.4, -0.2) is 35.2 Å². The van der Waals surface area contributed by atoms with Crippen LogP contribution < -0.4 is 25.5 Å². The maximum absolute atomic E-state index is 6.63. The van der Waals surface area contributed by atoms with Gasteiger partial charge < -0.3 is 4.74 Å². The predicted molar refractivity (Wildman–Crippen MR) is 121 cm³/mol. The SMILES string of the molecule is C[Si](C)c1cccc(Oc2cccc([Si](C)C)c2[Si](C)C)c1[Si](C)C. The summed E-state index contributed by atoms with van der Waals surface area (Å²) in [5.41, 5.74) is 0. The van der Waals surface area contributed by atoms with Gasteiger partial charge in [0.25, 0.3) is 0 Å². The van der Waals surface area contributed by atoms with Gasteiger partial charge in [-0.25, -0.2) is 0 Å². The van der Waals surface area contributed by atoms with Crippen LogP contribution >= 0.6 is 0 Å². The third-order valence-corrected chi connectivity index (χ3v) is 10.9. The third-order valence-electron chi connectivity index (χ3n) is 4.35. The molecule has 5 heteroatoms. The first-order valence-corrected chi connectivity index (χ1v) is 18.9. The molecule has 0 bridgehead atoms. The van der Waals surface area contributed by atoms with Gasteiger partial charge in [0, 0.05) is 0 Å². The Balaban J connectivity index is 2.58. The first-order valence-electron chi connectivity index (χ1n) is 8.90. The van der Waals surface area contributed by atoms with Crippen molar-refractivity contribution in [2.45, 2.75) is 52.4 Å². The average molecular weight is 399 g/mol. The van der Waals surface area contributed by atoms with E-state index in [0.717, 1.165) is 11.5 Å². The quantitative estimate of drug-likeness (QED) is 0.678. The van der Waals surface area contributed by atoms with Gasteiger partial charge in [-0.3, -0.25) is 0 Å². The molecule has 0 saturated carbocycles. The average Bonchev–Trinajstić information content (AvgIpc) is 2.53.